The van der Waals surface area contributed by atoms with Gasteiger partial charge in [-0.05, 0) is 75.0 Å². The van der Waals surface area contributed by atoms with E-state index in [9.17, 15) is 14.0 Å². The van der Waals surface area contributed by atoms with Crippen molar-refractivity contribution in [2.75, 3.05) is 16.4 Å². The first-order valence-electron chi connectivity index (χ1n) is 9.40. The Hall–Kier alpha value is -3.57. The van der Waals surface area contributed by atoms with E-state index in [1.807, 2.05) is 0 Å². The van der Waals surface area contributed by atoms with Crippen LogP contribution in [0.1, 0.15) is 35.3 Å². The second-order valence-electron chi connectivity index (χ2n) is 7.48. The van der Waals surface area contributed by atoms with Crippen LogP contribution in [0.2, 0.25) is 0 Å². The SMILES string of the molecule is C=CCOC(=O)c1ccc(N2C(=S)N(c3ccc(C#N)c(C)c3)C(=O)C2(C)C)cc1F. The smallest absolute Gasteiger partial charge is 0.341 e. The number of carbonyl (C=O) groups is 2. The number of carbonyl (C=O) groups excluding carboxylic acids is 2. The summed E-state index contributed by atoms with van der Waals surface area (Å²) in [6.07, 6.45) is 1.39. The normalized spacial score (nSPS) is 15.1. The van der Waals surface area contributed by atoms with E-state index < -0.39 is 17.3 Å². The number of amides is 1. The highest BCUT2D eigenvalue weighted by atomic mass is 32.1. The van der Waals surface area contributed by atoms with Crippen LogP contribution < -0.4 is 9.80 Å². The molecule has 1 aliphatic rings. The number of esters is 1. The summed E-state index contributed by atoms with van der Waals surface area (Å²) in [5.41, 5.74) is 0.732. The zero-order valence-corrected chi connectivity index (χ0v) is 18.1. The zero-order chi connectivity index (χ0) is 22.9. The van der Waals surface area contributed by atoms with Crippen LogP contribution in [-0.4, -0.2) is 29.1 Å². The van der Waals surface area contributed by atoms with Crippen LogP contribution >= 0.6 is 12.2 Å². The Balaban J connectivity index is 2.00. The monoisotopic (exact) mass is 437 g/mol. The zero-order valence-electron chi connectivity index (χ0n) is 17.3. The third-order valence-electron chi connectivity index (χ3n) is 5.02. The lowest BCUT2D eigenvalue weighted by molar-refractivity contribution is -0.120. The molecule has 0 spiro atoms. The van der Waals surface area contributed by atoms with E-state index in [2.05, 4.69) is 12.6 Å². The Labute approximate surface area is 185 Å². The highest BCUT2D eigenvalue weighted by molar-refractivity contribution is 7.81. The van der Waals surface area contributed by atoms with Crippen LogP contribution in [0.5, 0.6) is 0 Å². The molecule has 1 heterocycles. The first-order chi connectivity index (χ1) is 14.6. The Kier molecular flexibility index (Phi) is 5.91. The molecule has 0 unspecified atom stereocenters. The number of benzene rings is 2. The van der Waals surface area contributed by atoms with Crippen LogP contribution in [0.4, 0.5) is 15.8 Å². The molecule has 31 heavy (non-hydrogen) atoms. The molecule has 0 aromatic heterocycles. The summed E-state index contributed by atoms with van der Waals surface area (Å²) in [4.78, 5) is 28.1. The van der Waals surface area contributed by atoms with Gasteiger partial charge in [-0.3, -0.25) is 9.69 Å². The van der Waals surface area contributed by atoms with Gasteiger partial charge in [0.2, 0.25) is 0 Å². The van der Waals surface area contributed by atoms with Crippen molar-refractivity contribution in [3.8, 4) is 6.07 Å². The summed E-state index contributed by atoms with van der Waals surface area (Å²) in [6.45, 7) is 8.56. The fraction of sp³-hybridized carbons (Fsp3) is 0.217. The largest absolute Gasteiger partial charge is 0.458 e. The van der Waals surface area contributed by atoms with Gasteiger partial charge in [0, 0.05) is 5.69 Å². The molecular weight excluding hydrogens is 417 g/mol. The van der Waals surface area contributed by atoms with Crippen LogP contribution in [-0.2, 0) is 9.53 Å². The van der Waals surface area contributed by atoms with Gasteiger partial charge in [-0.25, -0.2) is 9.18 Å². The minimum absolute atomic E-state index is 0.0310. The molecule has 0 bridgehead atoms. The van der Waals surface area contributed by atoms with Crippen molar-refractivity contribution in [2.45, 2.75) is 26.3 Å². The van der Waals surface area contributed by atoms with Crippen molar-refractivity contribution in [3.05, 3.63) is 71.6 Å². The Morgan fingerprint density at radius 3 is 2.55 bits per heavy atom. The molecule has 0 atom stereocenters. The van der Waals surface area contributed by atoms with Crippen molar-refractivity contribution in [1.82, 2.24) is 0 Å². The number of nitrogens with zero attached hydrogens (tertiary/aromatic N) is 3. The van der Waals surface area contributed by atoms with E-state index in [0.29, 0.717) is 22.5 Å². The van der Waals surface area contributed by atoms with Gasteiger partial charge in [0.15, 0.2) is 5.11 Å². The maximum atomic E-state index is 14.7. The Bertz CT molecular complexity index is 1150. The summed E-state index contributed by atoms with van der Waals surface area (Å²) >= 11 is 5.58. The van der Waals surface area contributed by atoms with E-state index in [1.165, 1.54) is 23.1 Å². The average molecular weight is 437 g/mol. The number of anilines is 2. The van der Waals surface area contributed by atoms with E-state index in [-0.39, 0.29) is 23.2 Å². The molecule has 1 aliphatic heterocycles. The molecule has 0 aliphatic carbocycles. The molecular formula is C23H20FN3O3S. The molecule has 158 valence electrons. The summed E-state index contributed by atoms with van der Waals surface area (Å²) in [5.74, 6) is -1.89. The number of halogens is 1. The van der Waals surface area contributed by atoms with Crippen LogP contribution in [0.25, 0.3) is 0 Å². The summed E-state index contributed by atoms with van der Waals surface area (Å²) in [6, 6.07) is 11.0. The van der Waals surface area contributed by atoms with E-state index in [4.69, 9.17) is 22.2 Å². The van der Waals surface area contributed by atoms with Gasteiger partial charge in [-0.15, -0.1) is 0 Å². The average Bonchev–Trinajstić information content (AvgIpc) is 2.90. The molecule has 1 amide bonds. The number of nitriles is 1. The predicted octanol–water partition coefficient (Wildman–Crippen LogP) is 4.27. The predicted molar refractivity (Wildman–Crippen MR) is 119 cm³/mol. The van der Waals surface area contributed by atoms with Crippen LogP contribution in [0, 0.1) is 24.1 Å². The summed E-state index contributed by atoms with van der Waals surface area (Å²) < 4.78 is 19.6. The van der Waals surface area contributed by atoms with Gasteiger partial charge in [-0.1, -0.05) is 12.7 Å². The molecule has 6 nitrogen and oxygen atoms in total. The first-order valence-corrected chi connectivity index (χ1v) is 9.81. The number of hydrogen-bond acceptors (Lipinski definition) is 5. The third kappa shape index (κ3) is 3.80. The van der Waals surface area contributed by atoms with Crippen molar-refractivity contribution in [3.63, 3.8) is 0 Å². The minimum atomic E-state index is -1.10. The number of ether oxygens (including phenoxy) is 1. The van der Waals surface area contributed by atoms with Crippen molar-refractivity contribution in [1.29, 1.82) is 5.26 Å². The number of hydrogen-bond donors (Lipinski definition) is 0. The lowest BCUT2D eigenvalue weighted by Crippen LogP contribution is -2.44. The summed E-state index contributed by atoms with van der Waals surface area (Å²) in [5, 5.41) is 9.32. The molecule has 1 fully saturated rings. The van der Waals surface area contributed by atoms with Gasteiger partial charge in [0.1, 0.15) is 18.0 Å². The number of aryl methyl sites for hydroxylation is 1. The van der Waals surface area contributed by atoms with E-state index in [0.717, 1.165) is 6.07 Å². The third-order valence-corrected chi connectivity index (χ3v) is 5.38. The molecule has 0 radical (unpaired) electrons. The van der Waals surface area contributed by atoms with Crippen molar-refractivity contribution in [2.24, 2.45) is 0 Å². The lowest BCUT2D eigenvalue weighted by Gasteiger charge is -2.29. The fourth-order valence-electron chi connectivity index (χ4n) is 3.39. The first kappa shape index (κ1) is 22.1. The molecule has 8 heteroatoms. The van der Waals surface area contributed by atoms with Crippen LogP contribution in [0.3, 0.4) is 0 Å². The highest BCUT2D eigenvalue weighted by Gasteiger charge is 2.50. The van der Waals surface area contributed by atoms with Gasteiger partial charge in [-0.2, -0.15) is 5.26 Å². The molecule has 2 aromatic rings. The molecule has 2 aromatic carbocycles. The highest BCUT2D eigenvalue weighted by Crippen LogP contribution is 2.37. The molecule has 3 rings (SSSR count). The van der Waals surface area contributed by atoms with Crippen molar-refractivity contribution < 1.29 is 18.7 Å². The number of rotatable bonds is 5. The van der Waals surface area contributed by atoms with Gasteiger partial charge < -0.3 is 9.64 Å². The van der Waals surface area contributed by atoms with Gasteiger partial charge >= 0.3 is 5.97 Å². The van der Waals surface area contributed by atoms with Crippen molar-refractivity contribution >= 4 is 40.6 Å². The van der Waals surface area contributed by atoms with Gasteiger partial charge in [0.05, 0.1) is 22.9 Å². The second kappa shape index (κ2) is 8.28. The van der Waals surface area contributed by atoms with E-state index >= 15 is 0 Å². The van der Waals surface area contributed by atoms with Crippen LogP contribution in [0.15, 0.2) is 49.1 Å². The molecule has 0 N–H and O–H groups in total. The standard InChI is InChI=1S/C23H20FN3O3S/c1-5-10-30-20(28)18-9-8-17(12-19(18)24)27-22(31)26(21(29)23(27,3)4)16-7-6-15(13-25)14(2)11-16/h5-9,11-12H,1,10H2,2-4H3. The number of thiocarbonyl (C=S) groups is 1. The van der Waals surface area contributed by atoms with Gasteiger partial charge in [0.25, 0.3) is 5.91 Å². The second-order valence-corrected chi connectivity index (χ2v) is 7.85. The Morgan fingerprint density at radius 1 is 1.29 bits per heavy atom. The van der Waals surface area contributed by atoms with E-state index in [1.54, 1.807) is 43.9 Å². The molecule has 1 saturated heterocycles. The Morgan fingerprint density at radius 2 is 1.97 bits per heavy atom. The topological polar surface area (TPSA) is 73.6 Å². The lowest BCUT2D eigenvalue weighted by atomic mass is 10.0. The summed E-state index contributed by atoms with van der Waals surface area (Å²) in [7, 11) is 0. The molecule has 0 saturated carbocycles. The maximum absolute atomic E-state index is 14.7. The quantitative estimate of drug-likeness (QED) is 0.395. The maximum Gasteiger partial charge on any atom is 0.341 e. The minimum Gasteiger partial charge on any atom is -0.458 e. The fourth-order valence-corrected chi connectivity index (χ4v) is 3.91.